The number of esters is 2. The van der Waals surface area contributed by atoms with Gasteiger partial charge in [0.2, 0.25) is 0 Å². The zero-order chi connectivity index (χ0) is 80.2. The molecule has 35 atom stereocenters. The van der Waals surface area contributed by atoms with Gasteiger partial charge in [-0.05, 0) is 72.6 Å². The van der Waals surface area contributed by atoms with Crippen molar-refractivity contribution in [3.63, 3.8) is 0 Å². The summed E-state index contributed by atoms with van der Waals surface area (Å²) >= 11 is 12.8. The molecule has 111 heavy (non-hydrogen) atoms. The van der Waals surface area contributed by atoms with Gasteiger partial charge in [0, 0.05) is 52.8 Å². The first-order valence-corrected chi connectivity index (χ1v) is 37.1. The molecule has 8 N–H and O–H groups in total. The highest BCUT2D eigenvalue weighted by Gasteiger charge is 2.70. The number of rotatable bonds is 21. The Balaban J connectivity index is 0.644. The molecule has 0 aliphatic carbocycles. The number of hydrogen-bond acceptors (Lipinski definition) is 38. The quantitative estimate of drug-likeness (QED) is 0.0495. The van der Waals surface area contributed by atoms with E-state index in [1.54, 1.807) is 34.6 Å². The zero-order valence-corrected chi connectivity index (χ0v) is 64.5. The van der Waals surface area contributed by atoms with Gasteiger partial charge in [0.05, 0.1) is 81.4 Å². The van der Waals surface area contributed by atoms with Crippen molar-refractivity contribution in [1.82, 2.24) is 0 Å². The number of halogens is 2. The standard InChI is InChI=1S/C70H97Cl2NO38/c1-24-15-31(74)16-32(75)40(24)61(82)100-36-22-94-70(60-53(36)92-23-93-60)108-37-21-91-63(46(79)52(37)109-70)106-65-56(89-13)45(78)51(35(101-65)20-86-10)104-64-47(80)55(50(87-11)27(4)97-64)105-66-57(81)68(9)59(30(7)98-66)110-69(111-68)18-33(76)48(28(5)107-69)102-38-17-34(99-39-19-67(8,73(84)85)58(90-14)29(6)96-39)49(26(3)95-38)103-62(83)41-25(2)42(71)44(77)43(72)54(41)88-12/h15-16,26-30,33-39,45-53,55-60,63-66,74-81H,17-23H2,1-14H3/t26-,27-,28-,29+,30-,33-,34-,35-,36-,37?,38+,39-,45+,46-,47-,48-,49-,50+,51?,52-,53+,55+,56?,57-,58+,59-,60?,63+,64+,65+,66+,67+,68-,69?,70-/m1/s1. The van der Waals surface area contributed by atoms with E-state index >= 15 is 0 Å². The zero-order valence-electron chi connectivity index (χ0n) is 63.0. The molecule has 11 fully saturated rings. The second-order valence-corrected chi connectivity index (χ2v) is 30.6. The average Bonchev–Trinajstić information content (AvgIpc) is 1.58. The van der Waals surface area contributed by atoms with Crippen LogP contribution in [0.15, 0.2) is 12.1 Å². The van der Waals surface area contributed by atoms with E-state index in [1.807, 2.05) is 0 Å². The first kappa shape index (κ1) is 84.4. The maximum atomic E-state index is 14.3. The molecule has 11 heterocycles. The summed E-state index contributed by atoms with van der Waals surface area (Å²) in [5.41, 5.74) is -3.54. The molecule has 5 unspecified atom stereocenters. The maximum Gasteiger partial charge on any atom is 0.342 e. The molecule has 2 spiro atoms. The van der Waals surface area contributed by atoms with E-state index in [0.717, 1.165) is 6.07 Å². The number of methoxy groups -OCH3 is 5. The molecule has 0 amide bonds. The normalized spacial score (nSPS) is 45.6. The van der Waals surface area contributed by atoms with Crippen LogP contribution >= 0.6 is 23.2 Å². The summed E-state index contributed by atoms with van der Waals surface area (Å²) in [6, 6.07) is 2.28. The number of benzene rings is 2. The molecule has 39 nitrogen and oxygen atoms in total. The lowest BCUT2D eigenvalue weighted by Gasteiger charge is -2.50. The lowest BCUT2D eigenvalue weighted by Crippen LogP contribution is -2.68. The number of ether oxygens (including phenoxy) is 26. The van der Waals surface area contributed by atoms with Crippen LogP contribution in [-0.4, -0.2) is 333 Å². The molecule has 11 aliphatic rings. The van der Waals surface area contributed by atoms with Gasteiger partial charge in [0.25, 0.3) is 11.5 Å². The van der Waals surface area contributed by atoms with Gasteiger partial charge in [-0.15, -0.1) is 0 Å². The second-order valence-electron chi connectivity index (χ2n) is 29.9. The van der Waals surface area contributed by atoms with Gasteiger partial charge in [0.1, 0.15) is 132 Å². The number of carbonyl (C=O) groups is 2. The topological polar surface area (TPSA) is 479 Å². The number of aryl methyl sites for hydroxylation is 1. The van der Waals surface area contributed by atoms with E-state index in [2.05, 4.69) is 0 Å². The summed E-state index contributed by atoms with van der Waals surface area (Å²) in [7, 11) is 6.53. The third-order valence-electron chi connectivity index (χ3n) is 22.5. The Labute approximate surface area is 645 Å². The number of aromatic hydroxyl groups is 3. The second kappa shape index (κ2) is 33.1. The molecular weight excluding hydrogens is 1530 g/mol. The van der Waals surface area contributed by atoms with Crippen molar-refractivity contribution in [2.24, 2.45) is 0 Å². The molecule has 0 bridgehead atoms. The molecule has 0 aromatic heterocycles. The highest BCUT2D eigenvalue weighted by molar-refractivity contribution is 6.39. The van der Waals surface area contributed by atoms with Gasteiger partial charge < -0.3 is 164 Å². The Hall–Kier alpha value is -4.56. The number of nitro groups is 1. The van der Waals surface area contributed by atoms with Crippen LogP contribution in [0, 0.1) is 24.0 Å². The highest BCUT2D eigenvalue weighted by Crippen LogP contribution is 2.53. The minimum absolute atomic E-state index is 0.0700. The number of hydrogen-bond donors (Lipinski definition) is 8. The molecule has 41 heteroatoms. The minimum atomic E-state index is -2.06. The number of nitrogens with zero attached hydrogens (tertiary/aromatic N) is 1. The van der Waals surface area contributed by atoms with Crippen LogP contribution in [-0.2, 0) is 118 Å². The van der Waals surface area contributed by atoms with Crippen LogP contribution in [0.4, 0.5) is 0 Å². The molecule has 13 rings (SSSR count). The van der Waals surface area contributed by atoms with Crippen molar-refractivity contribution in [3.05, 3.63) is 54.5 Å². The first-order valence-electron chi connectivity index (χ1n) is 36.3. The van der Waals surface area contributed by atoms with Crippen LogP contribution in [0.2, 0.25) is 10.0 Å². The molecule has 11 saturated heterocycles. The molecule has 0 saturated carbocycles. The van der Waals surface area contributed by atoms with E-state index in [9.17, 15) is 60.6 Å². The number of fused-ring (bicyclic) bond motifs is 4. The van der Waals surface area contributed by atoms with Crippen molar-refractivity contribution in [3.8, 4) is 23.0 Å². The number of aliphatic hydroxyl groups excluding tert-OH is 5. The summed E-state index contributed by atoms with van der Waals surface area (Å²) in [6.07, 6.45) is -40.9. The molecular formula is C70H97Cl2NO38. The summed E-state index contributed by atoms with van der Waals surface area (Å²) < 4.78 is 160. The van der Waals surface area contributed by atoms with Crippen LogP contribution < -0.4 is 4.74 Å². The average molecular weight is 1630 g/mol. The minimum Gasteiger partial charge on any atom is -0.508 e. The highest BCUT2D eigenvalue weighted by atomic mass is 35.5. The number of carbonyl (C=O) groups excluding carboxylic acids is 2. The van der Waals surface area contributed by atoms with Gasteiger partial charge in [-0.2, -0.15) is 0 Å². The number of aliphatic hydroxyl groups is 5. The molecule has 2 aromatic rings. The van der Waals surface area contributed by atoms with Gasteiger partial charge in [-0.1, -0.05) is 23.2 Å². The van der Waals surface area contributed by atoms with Gasteiger partial charge >= 0.3 is 17.9 Å². The van der Waals surface area contributed by atoms with Gasteiger partial charge in [0.15, 0.2) is 73.7 Å². The molecule has 11 aliphatic heterocycles. The lowest BCUT2D eigenvalue weighted by molar-refractivity contribution is -0.595. The van der Waals surface area contributed by atoms with Crippen molar-refractivity contribution in [2.75, 3.05) is 62.2 Å². The van der Waals surface area contributed by atoms with Crippen LogP contribution in [0.3, 0.4) is 0 Å². The monoisotopic (exact) mass is 1630 g/mol. The van der Waals surface area contributed by atoms with Crippen molar-refractivity contribution in [2.45, 2.75) is 295 Å². The molecule has 0 radical (unpaired) electrons. The van der Waals surface area contributed by atoms with Crippen molar-refractivity contribution >= 4 is 35.1 Å². The maximum absolute atomic E-state index is 14.3. The van der Waals surface area contributed by atoms with Crippen LogP contribution in [0.5, 0.6) is 23.0 Å². The Morgan fingerprint density at radius 2 is 1.31 bits per heavy atom. The van der Waals surface area contributed by atoms with Gasteiger partial charge in [-0.25, -0.2) is 9.59 Å². The van der Waals surface area contributed by atoms with E-state index in [4.69, 9.17) is 146 Å². The van der Waals surface area contributed by atoms with Crippen molar-refractivity contribution < 1.29 is 179 Å². The van der Waals surface area contributed by atoms with E-state index in [1.165, 1.54) is 69.3 Å². The molecule has 624 valence electrons. The largest absolute Gasteiger partial charge is 0.508 e. The fourth-order valence-electron chi connectivity index (χ4n) is 17.0. The van der Waals surface area contributed by atoms with Crippen LogP contribution in [0.25, 0.3) is 0 Å². The van der Waals surface area contributed by atoms with Crippen molar-refractivity contribution in [1.29, 1.82) is 0 Å². The summed E-state index contributed by atoms with van der Waals surface area (Å²) in [6.45, 7) is 12.7. The predicted octanol–water partition coefficient (Wildman–Crippen LogP) is 1.26. The summed E-state index contributed by atoms with van der Waals surface area (Å²) in [4.78, 5) is 39.8. The fraction of sp³-hybridized carbons (Fsp3) is 0.800. The number of phenolic OH excluding ortho intramolecular Hbond substituents is 3. The van der Waals surface area contributed by atoms with E-state index < -0.39 is 248 Å². The summed E-state index contributed by atoms with van der Waals surface area (Å²) in [5, 5.41) is 104. The first-order chi connectivity index (χ1) is 52.6. The number of phenols is 3. The van der Waals surface area contributed by atoms with Crippen LogP contribution in [0.1, 0.15) is 99.6 Å². The third kappa shape index (κ3) is 15.5. The summed E-state index contributed by atoms with van der Waals surface area (Å²) in [5.74, 6) is -7.54. The Morgan fingerprint density at radius 3 is 1.98 bits per heavy atom. The third-order valence-corrected chi connectivity index (χ3v) is 23.3. The smallest absolute Gasteiger partial charge is 0.342 e. The van der Waals surface area contributed by atoms with E-state index in [0.29, 0.717) is 0 Å². The predicted molar refractivity (Wildman–Crippen MR) is 363 cm³/mol. The fourth-order valence-corrected chi connectivity index (χ4v) is 17.5. The van der Waals surface area contributed by atoms with E-state index in [-0.39, 0.29) is 83.3 Å². The lowest BCUT2D eigenvalue weighted by atomic mass is 9.85. The Kier molecular flexibility index (Phi) is 25.1. The SMILES string of the molecule is COC[C@H]1O[C@@H](O[C@@H]2OCC3O[C@@]4(OC[C@@H](OC(=O)c5c(C)cc(O)cc5O)[C@@H]5OCOC54)O[C@H]3[C@H]2O)C(OC)[C@@H](O)C1O[C@@H]1O[C@H](C)[C@H](OC)[C@@H](O[C@@H]2O[C@H](C)[C@H]3OC4(C[C@@H](O)[C@H](O[C@H]5C[C@@H](O[C@@H]6C[C@](C)([N+](=O)[O-])[C@@H](OC)[C@H](C)O6)[C@H](OC(=O)c6c(C)c(Cl)c(O)c(Cl)c6OC)[C@@H](C)O5)[C@@H](C)O4)O[C@]3(C)[C@@H]2O)[C@H]1O. The Morgan fingerprint density at radius 1 is 0.613 bits per heavy atom. The molecule has 2 aromatic carbocycles. The Bertz CT molecular complexity index is 3630. The van der Waals surface area contributed by atoms with Gasteiger partial charge in [-0.3, -0.25) is 10.1 Å².